The number of pyridine rings is 1. The van der Waals surface area contributed by atoms with Crippen molar-refractivity contribution < 1.29 is 13.2 Å². The summed E-state index contributed by atoms with van der Waals surface area (Å²) in [6.07, 6.45) is -0.637. The molecule has 2 rings (SSSR count). The molecular formula is C13H18F3N3S. The second-order valence-corrected chi connectivity index (χ2v) is 6.23. The van der Waals surface area contributed by atoms with Crippen molar-refractivity contribution in [3.63, 3.8) is 0 Å². The third kappa shape index (κ3) is 3.20. The SMILES string of the molecule is CSC1(CN)CCN(c2cccc(C(F)(F)F)n2)CC1. The van der Waals surface area contributed by atoms with Crippen molar-refractivity contribution in [2.75, 3.05) is 30.8 Å². The van der Waals surface area contributed by atoms with Crippen LogP contribution in [0.1, 0.15) is 18.5 Å². The molecule has 1 aromatic rings. The summed E-state index contributed by atoms with van der Waals surface area (Å²) >= 11 is 1.75. The molecule has 0 atom stereocenters. The Morgan fingerprint density at radius 1 is 1.35 bits per heavy atom. The Morgan fingerprint density at radius 3 is 2.50 bits per heavy atom. The van der Waals surface area contributed by atoms with Crippen molar-refractivity contribution in [2.24, 2.45) is 5.73 Å². The van der Waals surface area contributed by atoms with Crippen LogP contribution in [0, 0.1) is 0 Å². The van der Waals surface area contributed by atoms with Gasteiger partial charge in [-0.15, -0.1) is 0 Å². The summed E-state index contributed by atoms with van der Waals surface area (Å²) < 4.78 is 38.1. The van der Waals surface area contributed by atoms with Crippen LogP contribution < -0.4 is 10.6 Å². The van der Waals surface area contributed by atoms with Gasteiger partial charge in [-0.05, 0) is 31.2 Å². The summed E-state index contributed by atoms with van der Waals surface area (Å²) in [5.74, 6) is 0.395. The zero-order chi connectivity index (χ0) is 14.8. The number of anilines is 1. The molecule has 2 heterocycles. The van der Waals surface area contributed by atoms with E-state index in [0.717, 1.165) is 18.9 Å². The highest BCUT2D eigenvalue weighted by Gasteiger charge is 2.35. The Balaban J connectivity index is 2.11. The summed E-state index contributed by atoms with van der Waals surface area (Å²) in [6.45, 7) is 1.97. The van der Waals surface area contributed by atoms with Crippen molar-refractivity contribution in [2.45, 2.75) is 23.8 Å². The average Bonchev–Trinajstić information content (AvgIpc) is 2.47. The van der Waals surface area contributed by atoms with Gasteiger partial charge in [0.15, 0.2) is 0 Å². The number of thioether (sulfide) groups is 1. The predicted octanol–water partition coefficient (Wildman–Crippen LogP) is 2.76. The number of hydrogen-bond donors (Lipinski definition) is 1. The van der Waals surface area contributed by atoms with Gasteiger partial charge in [-0.25, -0.2) is 4.98 Å². The lowest BCUT2D eigenvalue weighted by Gasteiger charge is -2.40. The molecule has 1 fully saturated rings. The fraction of sp³-hybridized carbons (Fsp3) is 0.615. The van der Waals surface area contributed by atoms with E-state index in [4.69, 9.17) is 5.73 Å². The van der Waals surface area contributed by atoms with Crippen LogP contribution in [0.5, 0.6) is 0 Å². The van der Waals surface area contributed by atoms with E-state index in [1.54, 1.807) is 17.8 Å². The lowest BCUT2D eigenvalue weighted by Crippen LogP contribution is -2.46. The number of aromatic nitrogens is 1. The smallest absolute Gasteiger partial charge is 0.357 e. The zero-order valence-electron chi connectivity index (χ0n) is 11.3. The topological polar surface area (TPSA) is 42.1 Å². The molecule has 0 aromatic carbocycles. The highest BCUT2D eigenvalue weighted by atomic mass is 32.2. The molecule has 20 heavy (non-hydrogen) atoms. The third-order valence-corrected chi connectivity index (χ3v) is 5.27. The minimum Gasteiger partial charge on any atom is -0.357 e. The van der Waals surface area contributed by atoms with Crippen LogP contribution in [-0.4, -0.2) is 35.6 Å². The number of halogens is 3. The van der Waals surface area contributed by atoms with Gasteiger partial charge in [-0.2, -0.15) is 24.9 Å². The Labute approximate surface area is 120 Å². The first-order valence-corrected chi connectivity index (χ1v) is 7.67. The first-order chi connectivity index (χ1) is 9.40. The van der Waals surface area contributed by atoms with Crippen molar-refractivity contribution in [3.8, 4) is 0 Å². The summed E-state index contributed by atoms with van der Waals surface area (Å²) in [7, 11) is 0. The van der Waals surface area contributed by atoms with E-state index in [1.807, 2.05) is 11.2 Å². The summed E-state index contributed by atoms with van der Waals surface area (Å²) in [6, 6.07) is 4.04. The molecule has 0 saturated carbocycles. The van der Waals surface area contributed by atoms with Crippen LogP contribution in [-0.2, 0) is 6.18 Å². The van der Waals surface area contributed by atoms with Crippen LogP contribution >= 0.6 is 11.8 Å². The number of nitrogens with two attached hydrogens (primary N) is 1. The second kappa shape index (κ2) is 5.81. The molecule has 1 aromatic heterocycles. The maximum absolute atomic E-state index is 12.7. The van der Waals surface area contributed by atoms with E-state index in [-0.39, 0.29) is 4.75 Å². The summed E-state index contributed by atoms with van der Waals surface area (Å²) in [4.78, 5) is 5.63. The summed E-state index contributed by atoms with van der Waals surface area (Å²) in [5, 5.41) is 0. The van der Waals surface area contributed by atoms with Gasteiger partial charge in [0.25, 0.3) is 0 Å². The average molecular weight is 305 g/mol. The quantitative estimate of drug-likeness (QED) is 0.932. The van der Waals surface area contributed by atoms with Crippen LogP contribution in [0.15, 0.2) is 18.2 Å². The normalized spacial score (nSPS) is 19.1. The molecule has 0 unspecified atom stereocenters. The van der Waals surface area contributed by atoms with Crippen LogP contribution in [0.4, 0.5) is 19.0 Å². The van der Waals surface area contributed by atoms with Gasteiger partial charge in [0.05, 0.1) is 0 Å². The Hall–Kier alpha value is -0.950. The van der Waals surface area contributed by atoms with Gasteiger partial charge >= 0.3 is 6.18 Å². The van der Waals surface area contributed by atoms with Crippen LogP contribution in [0.25, 0.3) is 0 Å². The van der Waals surface area contributed by atoms with Crippen LogP contribution in [0.3, 0.4) is 0 Å². The first-order valence-electron chi connectivity index (χ1n) is 6.45. The van der Waals surface area contributed by atoms with Crippen molar-refractivity contribution in [3.05, 3.63) is 23.9 Å². The molecule has 1 aliphatic rings. The van der Waals surface area contributed by atoms with E-state index < -0.39 is 11.9 Å². The molecule has 0 aliphatic carbocycles. The van der Waals surface area contributed by atoms with Gasteiger partial charge < -0.3 is 10.6 Å². The molecule has 0 bridgehead atoms. The monoisotopic (exact) mass is 305 g/mol. The number of hydrogen-bond acceptors (Lipinski definition) is 4. The standard InChI is InChI=1S/C13H18F3N3S/c1-20-12(9-17)5-7-19(8-6-12)11-4-2-3-10(18-11)13(14,15)16/h2-4H,5-9,17H2,1H3. The third-order valence-electron chi connectivity index (χ3n) is 3.83. The van der Waals surface area contributed by atoms with Gasteiger partial charge in [-0.1, -0.05) is 6.07 Å². The molecule has 7 heteroatoms. The highest BCUT2D eigenvalue weighted by molar-refractivity contribution is 8.00. The number of rotatable bonds is 3. The van der Waals surface area contributed by atoms with E-state index in [1.165, 1.54) is 6.07 Å². The minimum absolute atomic E-state index is 0.0537. The van der Waals surface area contributed by atoms with Crippen LogP contribution in [0.2, 0.25) is 0 Å². The van der Waals surface area contributed by atoms with Gasteiger partial charge in [0.2, 0.25) is 0 Å². The Morgan fingerprint density at radius 2 is 2.00 bits per heavy atom. The molecule has 3 nitrogen and oxygen atoms in total. The van der Waals surface area contributed by atoms with Crippen molar-refractivity contribution in [1.82, 2.24) is 4.98 Å². The maximum Gasteiger partial charge on any atom is 0.433 e. The molecule has 0 amide bonds. The molecule has 0 spiro atoms. The molecule has 2 N–H and O–H groups in total. The Bertz CT molecular complexity index is 450. The molecule has 112 valence electrons. The fourth-order valence-electron chi connectivity index (χ4n) is 2.39. The summed E-state index contributed by atoms with van der Waals surface area (Å²) in [5.41, 5.74) is 4.97. The number of piperidine rings is 1. The molecule has 1 saturated heterocycles. The lowest BCUT2D eigenvalue weighted by molar-refractivity contribution is -0.141. The molecular weight excluding hydrogens is 287 g/mol. The second-order valence-electron chi connectivity index (χ2n) is 4.96. The van der Waals surface area contributed by atoms with E-state index >= 15 is 0 Å². The largest absolute Gasteiger partial charge is 0.433 e. The maximum atomic E-state index is 12.7. The van der Waals surface area contributed by atoms with E-state index in [2.05, 4.69) is 4.98 Å². The van der Waals surface area contributed by atoms with Gasteiger partial charge in [0, 0.05) is 24.4 Å². The van der Waals surface area contributed by atoms with Gasteiger partial charge in [-0.3, -0.25) is 0 Å². The fourth-order valence-corrected chi connectivity index (χ4v) is 3.15. The van der Waals surface area contributed by atoms with Crippen molar-refractivity contribution in [1.29, 1.82) is 0 Å². The number of alkyl halides is 3. The predicted molar refractivity (Wildman–Crippen MR) is 76.0 cm³/mol. The zero-order valence-corrected chi connectivity index (χ0v) is 12.1. The van der Waals surface area contributed by atoms with E-state index in [9.17, 15) is 13.2 Å². The van der Waals surface area contributed by atoms with E-state index in [0.29, 0.717) is 25.5 Å². The highest BCUT2D eigenvalue weighted by Crippen LogP contribution is 2.35. The van der Waals surface area contributed by atoms with Crippen molar-refractivity contribution >= 4 is 17.6 Å². The first kappa shape index (κ1) is 15.4. The lowest BCUT2D eigenvalue weighted by atomic mass is 9.96. The number of nitrogens with zero attached hydrogens (tertiary/aromatic N) is 2. The van der Waals surface area contributed by atoms with Gasteiger partial charge in [0.1, 0.15) is 11.5 Å². The Kier molecular flexibility index (Phi) is 4.49. The minimum atomic E-state index is -4.40. The molecule has 0 radical (unpaired) electrons. The molecule has 1 aliphatic heterocycles.